The summed E-state index contributed by atoms with van der Waals surface area (Å²) in [6.45, 7) is 4.08. The fraction of sp³-hybridized carbons (Fsp3) is 0.130. The number of hydrogen-bond acceptors (Lipinski definition) is 3. The van der Waals surface area contributed by atoms with Crippen LogP contribution in [0.15, 0.2) is 78.9 Å². The molecule has 0 aliphatic carbocycles. The SMILES string of the molecule is CC(C)c1ccccc1NC(=O)C(=O)N(c1ccccc1)c1ccc(N)cc1. The summed E-state index contributed by atoms with van der Waals surface area (Å²) < 4.78 is 0. The summed E-state index contributed by atoms with van der Waals surface area (Å²) in [7, 11) is 0. The Labute approximate surface area is 164 Å². The lowest BCUT2D eigenvalue weighted by Gasteiger charge is -2.23. The number of anilines is 4. The van der Waals surface area contributed by atoms with E-state index in [1.807, 2.05) is 50.2 Å². The molecule has 0 bridgehead atoms. The minimum atomic E-state index is -0.700. The predicted molar refractivity (Wildman–Crippen MR) is 114 cm³/mol. The third-order valence-electron chi connectivity index (χ3n) is 4.39. The fourth-order valence-corrected chi connectivity index (χ4v) is 2.98. The molecule has 0 heterocycles. The van der Waals surface area contributed by atoms with Crippen LogP contribution in [-0.4, -0.2) is 11.8 Å². The molecule has 0 saturated carbocycles. The van der Waals surface area contributed by atoms with E-state index < -0.39 is 11.8 Å². The average Bonchev–Trinajstić information content (AvgIpc) is 2.70. The van der Waals surface area contributed by atoms with Crippen molar-refractivity contribution >= 4 is 34.6 Å². The van der Waals surface area contributed by atoms with E-state index in [2.05, 4.69) is 5.32 Å². The molecule has 0 aliphatic heterocycles. The summed E-state index contributed by atoms with van der Waals surface area (Å²) >= 11 is 0. The van der Waals surface area contributed by atoms with E-state index >= 15 is 0 Å². The standard InChI is InChI=1S/C23H23N3O2/c1-16(2)20-10-6-7-11-21(20)25-22(27)23(28)26(18-8-4-3-5-9-18)19-14-12-17(24)13-15-19/h3-16H,24H2,1-2H3,(H,25,27). The van der Waals surface area contributed by atoms with E-state index in [1.165, 1.54) is 4.90 Å². The minimum absolute atomic E-state index is 0.217. The maximum Gasteiger partial charge on any atom is 0.321 e. The maximum absolute atomic E-state index is 13.1. The number of nitrogens with two attached hydrogens (primary N) is 1. The van der Waals surface area contributed by atoms with Crippen molar-refractivity contribution in [3.8, 4) is 0 Å². The molecule has 28 heavy (non-hydrogen) atoms. The zero-order valence-electron chi connectivity index (χ0n) is 15.9. The highest BCUT2D eigenvalue weighted by molar-refractivity contribution is 6.45. The Kier molecular flexibility index (Phi) is 5.75. The Balaban J connectivity index is 1.93. The molecule has 2 amide bonds. The molecule has 142 valence electrons. The maximum atomic E-state index is 13.1. The molecule has 3 aromatic carbocycles. The van der Waals surface area contributed by atoms with Gasteiger partial charge in [0.1, 0.15) is 0 Å². The summed E-state index contributed by atoms with van der Waals surface area (Å²) in [6, 6.07) is 23.4. The Bertz CT molecular complexity index is 967. The zero-order valence-corrected chi connectivity index (χ0v) is 15.9. The smallest absolute Gasteiger partial charge is 0.321 e. The van der Waals surface area contributed by atoms with Crippen LogP contribution in [0.4, 0.5) is 22.7 Å². The second kappa shape index (κ2) is 8.39. The normalized spacial score (nSPS) is 10.5. The molecule has 0 saturated heterocycles. The van der Waals surface area contributed by atoms with Crippen molar-refractivity contribution in [3.05, 3.63) is 84.4 Å². The van der Waals surface area contributed by atoms with Crippen LogP contribution < -0.4 is 16.0 Å². The van der Waals surface area contributed by atoms with Gasteiger partial charge in [0, 0.05) is 22.7 Å². The molecule has 0 aromatic heterocycles. The molecular weight excluding hydrogens is 350 g/mol. The van der Waals surface area contributed by atoms with Crippen molar-refractivity contribution in [2.24, 2.45) is 0 Å². The van der Waals surface area contributed by atoms with Gasteiger partial charge >= 0.3 is 11.8 Å². The molecule has 5 nitrogen and oxygen atoms in total. The lowest BCUT2D eigenvalue weighted by molar-refractivity contribution is -0.134. The van der Waals surface area contributed by atoms with Crippen molar-refractivity contribution in [1.29, 1.82) is 0 Å². The van der Waals surface area contributed by atoms with Gasteiger partial charge in [-0.1, -0.05) is 50.2 Å². The van der Waals surface area contributed by atoms with Crippen molar-refractivity contribution in [2.45, 2.75) is 19.8 Å². The number of carbonyl (C=O) groups is 2. The first-order valence-corrected chi connectivity index (χ1v) is 9.12. The van der Waals surface area contributed by atoms with E-state index in [4.69, 9.17) is 5.73 Å². The van der Waals surface area contributed by atoms with Crippen molar-refractivity contribution < 1.29 is 9.59 Å². The van der Waals surface area contributed by atoms with E-state index in [9.17, 15) is 9.59 Å². The van der Waals surface area contributed by atoms with E-state index in [0.717, 1.165) is 5.56 Å². The van der Waals surface area contributed by atoms with E-state index in [-0.39, 0.29) is 5.92 Å². The summed E-state index contributed by atoms with van der Waals surface area (Å²) in [5.41, 5.74) is 9.13. The van der Waals surface area contributed by atoms with Gasteiger partial charge in [0.05, 0.1) is 0 Å². The molecule has 3 rings (SSSR count). The second-order valence-corrected chi connectivity index (χ2v) is 6.76. The van der Waals surface area contributed by atoms with Crippen molar-refractivity contribution in [3.63, 3.8) is 0 Å². The number of para-hydroxylation sites is 2. The molecule has 3 N–H and O–H groups in total. The van der Waals surface area contributed by atoms with Crippen LogP contribution >= 0.6 is 0 Å². The van der Waals surface area contributed by atoms with Gasteiger partial charge in [0.25, 0.3) is 0 Å². The van der Waals surface area contributed by atoms with Crippen LogP contribution in [0.2, 0.25) is 0 Å². The highest BCUT2D eigenvalue weighted by atomic mass is 16.2. The Hall–Kier alpha value is -3.60. The summed E-state index contributed by atoms with van der Waals surface area (Å²) in [6.07, 6.45) is 0. The largest absolute Gasteiger partial charge is 0.399 e. The lowest BCUT2D eigenvalue weighted by Crippen LogP contribution is -2.37. The van der Waals surface area contributed by atoms with E-state index in [0.29, 0.717) is 22.7 Å². The highest BCUT2D eigenvalue weighted by Gasteiger charge is 2.25. The minimum Gasteiger partial charge on any atom is -0.399 e. The Morgan fingerprint density at radius 3 is 2.04 bits per heavy atom. The summed E-state index contributed by atoms with van der Waals surface area (Å²) in [5.74, 6) is -1.16. The van der Waals surface area contributed by atoms with Crippen molar-refractivity contribution in [2.75, 3.05) is 16.0 Å². The molecule has 0 spiro atoms. The first-order chi connectivity index (χ1) is 13.5. The van der Waals surface area contributed by atoms with Gasteiger partial charge in [-0.2, -0.15) is 0 Å². The molecule has 0 aliphatic rings. The quantitative estimate of drug-likeness (QED) is 0.514. The number of hydrogen-bond donors (Lipinski definition) is 2. The summed E-state index contributed by atoms with van der Waals surface area (Å²) in [4.78, 5) is 27.3. The number of nitrogens with zero attached hydrogens (tertiary/aromatic N) is 1. The first-order valence-electron chi connectivity index (χ1n) is 9.12. The molecule has 0 fully saturated rings. The molecule has 5 heteroatoms. The van der Waals surface area contributed by atoms with Gasteiger partial charge in [-0.3, -0.25) is 14.5 Å². The molecule has 0 radical (unpaired) electrons. The molecule has 0 atom stereocenters. The summed E-state index contributed by atoms with van der Waals surface area (Å²) in [5, 5.41) is 2.77. The van der Waals surface area contributed by atoms with Crippen LogP contribution in [-0.2, 0) is 9.59 Å². The van der Waals surface area contributed by atoms with Crippen LogP contribution in [0.5, 0.6) is 0 Å². The number of benzene rings is 3. The van der Waals surface area contributed by atoms with Crippen LogP contribution in [0.1, 0.15) is 25.3 Å². The number of nitrogen functional groups attached to an aromatic ring is 1. The fourth-order valence-electron chi connectivity index (χ4n) is 2.98. The van der Waals surface area contributed by atoms with Gasteiger partial charge in [-0.15, -0.1) is 0 Å². The Morgan fingerprint density at radius 1 is 0.821 bits per heavy atom. The average molecular weight is 373 g/mol. The van der Waals surface area contributed by atoms with Crippen LogP contribution in [0.3, 0.4) is 0 Å². The van der Waals surface area contributed by atoms with Crippen molar-refractivity contribution in [1.82, 2.24) is 0 Å². The number of rotatable bonds is 4. The van der Waals surface area contributed by atoms with Gasteiger partial charge < -0.3 is 11.1 Å². The number of amides is 2. The van der Waals surface area contributed by atoms with Gasteiger partial charge in [0.15, 0.2) is 0 Å². The third-order valence-corrected chi connectivity index (χ3v) is 4.39. The third kappa shape index (κ3) is 4.20. The highest BCUT2D eigenvalue weighted by Crippen LogP contribution is 2.28. The van der Waals surface area contributed by atoms with Gasteiger partial charge in [-0.25, -0.2) is 0 Å². The second-order valence-electron chi connectivity index (χ2n) is 6.76. The zero-order chi connectivity index (χ0) is 20.1. The first kappa shape index (κ1) is 19.2. The number of nitrogens with one attached hydrogen (secondary N) is 1. The topological polar surface area (TPSA) is 75.4 Å². The molecule has 0 unspecified atom stereocenters. The Morgan fingerprint density at radius 2 is 1.39 bits per heavy atom. The predicted octanol–water partition coefficient (Wildman–Crippen LogP) is 4.70. The monoisotopic (exact) mass is 373 g/mol. The van der Waals surface area contributed by atoms with Gasteiger partial charge in [0.2, 0.25) is 0 Å². The van der Waals surface area contributed by atoms with Crippen LogP contribution in [0.25, 0.3) is 0 Å². The molecular formula is C23H23N3O2. The number of carbonyl (C=O) groups excluding carboxylic acids is 2. The molecule has 3 aromatic rings. The van der Waals surface area contributed by atoms with Crippen LogP contribution in [0, 0.1) is 0 Å². The van der Waals surface area contributed by atoms with Gasteiger partial charge in [-0.05, 0) is 53.9 Å². The van der Waals surface area contributed by atoms with E-state index in [1.54, 1.807) is 42.5 Å². The lowest BCUT2D eigenvalue weighted by atomic mass is 10.0.